The van der Waals surface area contributed by atoms with Crippen LogP contribution in [-0.4, -0.2) is 58.9 Å². The number of hydrogen-bond acceptors (Lipinski definition) is 6. The number of amides is 2. The van der Waals surface area contributed by atoms with Crippen molar-refractivity contribution in [3.8, 4) is 0 Å². The monoisotopic (exact) mass is 465 g/mol. The Labute approximate surface area is 201 Å². The summed E-state index contributed by atoms with van der Waals surface area (Å²) >= 11 is 0. The number of anilines is 2. The van der Waals surface area contributed by atoms with E-state index < -0.39 is 5.60 Å². The predicted octanol–water partition coefficient (Wildman–Crippen LogP) is 4.17. The number of piperidine rings is 1. The Kier molecular flexibility index (Phi) is 7.16. The van der Waals surface area contributed by atoms with Crippen LogP contribution in [0, 0.1) is 12.8 Å². The highest BCUT2D eigenvalue weighted by molar-refractivity contribution is 6.01. The van der Waals surface area contributed by atoms with E-state index >= 15 is 0 Å². The van der Waals surface area contributed by atoms with E-state index in [1.54, 1.807) is 9.80 Å². The Morgan fingerprint density at radius 2 is 1.74 bits per heavy atom. The summed E-state index contributed by atoms with van der Waals surface area (Å²) in [7, 11) is 0. The lowest BCUT2D eigenvalue weighted by Gasteiger charge is -2.33. The molecule has 0 radical (unpaired) electrons. The third-order valence-electron chi connectivity index (χ3n) is 6.41. The van der Waals surface area contributed by atoms with E-state index in [1.807, 2.05) is 52.0 Å². The maximum Gasteiger partial charge on any atom is 0.410 e. The lowest BCUT2D eigenvalue weighted by Crippen LogP contribution is -2.41. The zero-order valence-electron chi connectivity index (χ0n) is 20.6. The molecule has 1 atom stereocenters. The van der Waals surface area contributed by atoms with Crippen molar-refractivity contribution in [1.29, 1.82) is 0 Å². The number of aromatic nitrogens is 2. The molecule has 2 fully saturated rings. The van der Waals surface area contributed by atoms with Gasteiger partial charge in [0.2, 0.25) is 5.91 Å². The van der Waals surface area contributed by atoms with Crippen molar-refractivity contribution in [3.63, 3.8) is 0 Å². The molecule has 182 valence electrons. The van der Waals surface area contributed by atoms with Crippen molar-refractivity contribution in [1.82, 2.24) is 20.4 Å². The van der Waals surface area contributed by atoms with E-state index in [2.05, 4.69) is 27.6 Å². The van der Waals surface area contributed by atoms with Gasteiger partial charge in [-0.05, 0) is 89.2 Å². The summed E-state index contributed by atoms with van der Waals surface area (Å²) in [4.78, 5) is 29.2. The summed E-state index contributed by atoms with van der Waals surface area (Å²) in [5.74, 6) is 0.887. The molecule has 3 heterocycles. The van der Waals surface area contributed by atoms with Crippen LogP contribution in [0.25, 0.3) is 0 Å². The number of nitrogens with one attached hydrogen (secondary N) is 1. The van der Waals surface area contributed by atoms with Crippen LogP contribution >= 0.6 is 0 Å². The van der Waals surface area contributed by atoms with Gasteiger partial charge in [-0.25, -0.2) is 4.79 Å². The molecular weight excluding hydrogens is 430 g/mol. The number of aryl methyl sites for hydroxylation is 1. The Morgan fingerprint density at radius 3 is 2.29 bits per heavy atom. The lowest BCUT2D eigenvalue weighted by molar-refractivity contribution is -0.121. The fourth-order valence-electron chi connectivity index (χ4n) is 4.55. The first-order valence-corrected chi connectivity index (χ1v) is 12.1. The van der Waals surface area contributed by atoms with Gasteiger partial charge in [-0.3, -0.25) is 9.69 Å². The summed E-state index contributed by atoms with van der Waals surface area (Å²) < 4.78 is 5.51. The minimum atomic E-state index is -0.483. The van der Waals surface area contributed by atoms with Crippen molar-refractivity contribution in [2.24, 2.45) is 5.92 Å². The Balaban J connectivity index is 1.47. The summed E-state index contributed by atoms with van der Waals surface area (Å²) in [6, 6.07) is 11.9. The van der Waals surface area contributed by atoms with Gasteiger partial charge < -0.3 is 15.0 Å². The molecule has 2 saturated heterocycles. The van der Waals surface area contributed by atoms with Gasteiger partial charge >= 0.3 is 6.09 Å². The topological polar surface area (TPSA) is 87.7 Å². The van der Waals surface area contributed by atoms with Crippen LogP contribution in [0.2, 0.25) is 0 Å². The van der Waals surface area contributed by atoms with Crippen LogP contribution in [-0.2, 0) is 9.53 Å². The lowest BCUT2D eigenvalue weighted by atomic mass is 9.89. The van der Waals surface area contributed by atoms with E-state index in [0.717, 1.165) is 37.2 Å². The number of nitrogens with zero attached hydrogens (tertiary/aromatic N) is 4. The number of likely N-dealkylation sites (tertiary alicyclic amines) is 1. The van der Waals surface area contributed by atoms with Crippen LogP contribution in [0.4, 0.5) is 16.3 Å². The molecule has 1 aromatic heterocycles. The van der Waals surface area contributed by atoms with Crippen LogP contribution in [0.1, 0.15) is 57.2 Å². The van der Waals surface area contributed by atoms with Gasteiger partial charge in [0, 0.05) is 19.6 Å². The first-order chi connectivity index (χ1) is 16.2. The molecular formula is C26H35N5O3. The summed E-state index contributed by atoms with van der Waals surface area (Å²) in [6.45, 7) is 10.4. The normalized spacial score (nSPS) is 19.2. The quantitative estimate of drug-likeness (QED) is 0.729. The molecule has 8 heteroatoms. The Hall–Kier alpha value is -3.00. The van der Waals surface area contributed by atoms with Crippen LogP contribution < -0.4 is 10.2 Å². The first kappa shape index (κ1) is 24.1. The molecule has 0 aliphatic carbocycles. The van der Waals surface area contributed by atoms with Gasteiger partial charge in [-0.2, -0.15) is 5.10 Å². The zero-order chi connectivity index (χ0) is 24.3. The van der Waals surface area contributed by atoms with Gasteiger partial charge in [0.1, 0.15) is 5.60 Å². The third-order valence-corrected chi connectivity index (χ3v) is 6.41. The SMILES string of the molecule is Cc1ccc(N(C(=O)C2CCNC2)c2ccc(C3CCN(C(=O)OC(C)(C)C)CC3)cc2)nn1. The summed E-state index contributed by atoms with van der Waals surface area (Å²) in [5, 5.41) is 11.7. The molecule has 1 aromatic carbocycles. The first-order valence-electron chi connectivity index (χ1n) is 12.1. The second-order valence-corrected chi connectivity index (χ2v) is 10.2. The van der Waals surface area contributed by atoms with Crippen molar-refractivity contribution in [3.05, 3.63) is 47.7 Å². The van der Waals surface area contributed by atoms with Crippen molar-refractivity contribution >= 4 is 23.5 Å². The molecule has 0 saturated carbocycles. The number of carbonyl (C=O) groups is 2. The average molecular weight is 466 g/mol. The van der Waals surface area contributed by atoms with E-state index in [4.69, 9.17) is 4.74 Å². The molecule has 8 nitrogen and oxygen atoms in total. The summed E-state index contributed by atoms with van der Waals surface area (Å²) in [5.41, 5.74) is 2.35. The molecule has 34 heavy (non-hydrogen) atoms. The van der Waals surface area contributed by atoms with E-state index in [0.29, 0.717) is 31.4 Å². The molecule has 0 spiro atoms. The van der Waals surface area contributed by atoms with Gasteiger partial charge in [0.15, 0.2) is 5.82 Å². The fourth-order valence-corrected chi connectivity index (χ4v) is 4.55. The molecule has 0 bridgehead atoms. The second-order valence-electron chi connectivity index (χ2n) is 10.2. The molecule has 1 N–H and O–H groups in total. The minimum Gasteiger partial charge on any atom is -0.444 e. The van der Waals surface area contributed by atoms with Crippen molar-refractivity contribution in [2.45, 2.75) is 58.5 Å². The predicted molar refractivity (Wildman–Crippen MR) is 131 cm³/mol. The third kappa shape index (κ3) is 5.73. The molecule has 2 aliphatic heterocycles. The van der Waals surface area contributed by atoms with E-state index in [9.17, 15) is 9.59 Å². The molecule has 1 unspecified atom stereocenters. The number of hydrogen-bond donors (Lipinski definition) is 1. The van der Waals surface area contributed by atoms with Crippen molar-refractivity contribution < 1.29 is 14.3 Å². The molecule has 2 amide bonds. The van der Waals surface area contributed by atoms with Crippen molar-refractivity contribution in [2.75, 3.05) is 31.1 Å². The molecule has 2 aliphatic rings. The Morgan fingerprint density at radius 1 is 1.03 bits per heavy atom. The largest absolute Gasteiger partial charge is 0.444 e. The van der Waals surface area contributed by atoms with Crippen LogP contribution in [0.5, 0.6) is 0 Å². The maximum absolute atomic E-state index is 13.4. The second kappa shape index (κ2) is 10.1. The maximum atomic E-state index is 13.4. The van der Waals surface area contributed by atoms with Gasteiger partial charge in [0.05, 0.1) is 17.3 Å². The van der Waals surface area contributed by atoms with Gasteiger partial charge in [0.25, 0.3) is 0 Å². The van der Waals surface area contributed by atoms with E-state index in [1.165, 1.54) is 5.56 Å². The fraction of sp³-hybridized carbons (Fsp3) is 0.538. The smallest absolute Gasteiger partial charge is 0.410 e. The van der Waals surface area contributed by atoms with E-state index in [-0.39, 0.29) is 17.9 Å². The highest BCUT2D eigenvalue weighted by Crippen LogP contribution is 2.32. The van der Waals surface area contributed by atoms with Gasteiger partial charge in [-0.1, -0.05) is 12.1 Å². The van der Waals surface area contributed by atoms with Crippen LogP contribution in [0.3, 0.4) is 0 Å². The highest BCUT2D eigenvalue weighted by Gasteiger charge is 2.31. The number of rotatable bonds is 4. The average Bonchev–Trinajstić information content (AvgIpc) is 3.35. The number of ether oxygens (including phenoxy) is 1. The summed E-state index contributed by atoms with van der Waals surface area (Å²) in [6.07, 6.45) is 2.36. The number of benzene rings is 1. The Bertz CT molecular complexity index is 987. The standard InChI is InChI=1S/C26H35N5O3/c1-18-5-10-23(29-28-18)31(24(32)21-11-14-27-17-21)22-8-6-19(7-9-22)20-12-15-30(16-13-20)25(33)34-26(2,3)4/h5-10,20-21,27H,11-17H2,1-4H3. The van der Waals surface area contributed by atoms with Gasteiger partial charge in [-0.15, -0.1) is 5.10 Å². The number of carbonyl (C=O) groups excluding carboxylic acids is 2. The van der Waals surface area contributed by atoms with Crippen LogP contribution in [0.15, 0.2) is 36.4 Å². The highest BCUT2D eigenvalue weighted by atomic mass is 16.6. The molecule has 4 rings (SSSR count). The minimum absolute atomic E-state index is 0.0431. The molecule has 2 aromatic rings. The zero-order valence-corrected chi connectivity index (χ0v) is 20.6.